The molecule has 0 saturated carbocycles. The Morgan fingerprint density at radius 2 is 1.51 bits per heavy atom. The molecule has 258 valence electrons. The van der Waals surface area contributed by atoms with Gasteiger partial charge in [0.05, 0.1) is 25.4 Å². The number of nitrogens with zero attached hydrogens (tertiary/aromatic N) is 3. The molecule has 0 radical (unpaired) electrons. The Morgan fingerprint density at radius 3 is 2.16 bits per heavy atom. The first kappa shape index (κ1) is 37.6. The minimum Gasteiger partial charge on any atom is -1.00 e. The monoisotopic (exact) mass is 751 g/mol. The van der Waals surface area contributed by atoms with Gasteiger partial charge >= 0.3 is 0 Å². The van der Waals surface area contributed by atoms with Crippen LogP contribution in [-0.2, 0) is 6.54 Å². The van der Waals surface area contributed by atoms with E-state index in [0.29, 0.717) is 28.1 Å². The SMILES string of the molecule is CCN(C(=O)c1cn(-c2cc(OC)cc(OC)c2)c2cc(SCCCCCCC[n+]3ccccc3)ccc2c1=O)c1cc(F)cc(F)c1.[Br-]. The number of amides is 1. The summed E-state index contributed by atoms with van der Waals surface area (Å²) in [5, 5.41) is 0.338. The summed E-state index contributed by atoms with van der Waals surface area (Å²) in [6, 6.07) is 19.9. The number of rotatable bonds is 15. The number of carbonyl (C=O) groups is 1. The zero-order chi connectivity index (χ0) is 34.0. The number of methoxy groups -OCH3 is 2. The van der Waals surface area contributed by atoms with Gasteiger partial charge in [0.15, 0.2) is 12.4 Å². The molecule has 0 N–H and O–H groups in total. The van der Waals surface area contributed by atoms with Crippen molar-refractivity contribution < 1.29 is 44.6 Å². The predicted molar refractivity (Wildman–Crippen MR) is 187 cm³/mol. The van der Waals surface area contributed by atoms with Crippen molar-refractivity contribution in [3.05, 3.63) is 119 Å². The lowest BCUT2D eigenvalue weighted by Crippen LogP contribution is -3.00. The largest absolute Gasteiger partial charge is 1.00 e. The predicted octanol–water partition coefficient (Wildman–Crippen LogP) is 4.99. The molecule has 7 nitrogen and oxygen atoms in total. The highest BCUT2D eigenvalue weighted by molar-refractivity contribution is 7.99. The first-order chi connectivity index (χ1) is 23.3. The number of hydrogen-bond donors (Lipinski definition) is 0. The topological polar surface area (TPSA) is 64.7 Å². The summed E-state index contributed by atoms with van der Waals surface area (Å²) in [7, 11) is 3.09. The Morgan fingerprint density at radius 1 is 0.857 bits per heavy atom. The first-order valence-corrected chi connectivity index (χ1v) is 17.1. The van der Waals surface area contributed by atoms with Crippen LogP contribution in [0.3, 0.4) is 0 Å². The molecule has 0 bridgehead atoms. The minimum absolute atomic E-state index is 0. The fraction of sp³-hybridized carbons (Fsp3) is 0.289. The summed E-state index contributed by atoms with van der Waals surface area (Å²) in [6.45, 7) is 2.80. The highest BCUT2D eigenvalue weighted by Gasteiger charge is 2.23. The van der Waals surface area contributed by atoms with Gasteiger partial charge in [-0.25, -0.2) is 13.3 Å². The molecule has 1 amide bonds. The number of benzene rings is 3. The van der Waals surface area contributed by atoms with Crippen molar-refractivity contribution >= 4 is 34.3 Å². The van der Waals surface area contributed by atoms with E-state index in [2.05, 4.69) is 17.0 Å². The summed E-state index contributed by atoms with van der Waals surface area (Å²) in [5.74, 6) is -0.308. The van der Waals surface area contributed by atoms with Crippen LogP contribution in [0.25, 0.3) is 16.6 Å². The van der Waals surface area contributed by atoms with Crippen LogP contribution in [0.15, 0.2) is 101 Å². The lowest BCUT2D eigenvalue weighted by molar-refractivity contribution is -0.697. The van der Waals surface area contributed by atoms with Gasteiger partial charge in [-0.3, -0.25) is 9.59 Å². The number of anilines is 1. The Balaban J connectivity index is 0.00000541. The van der Waals surface area contributed by atoms with E-state index in [0.717, 1.165) is 54.7 Å². The van der Waals surface area contributed by atoms with Crippen LogP contribution >= 0.6 is 11.8 Å². The molecule has 11 heteroatoms. The number of carbonyl (C=O) groups excluding carboxylic acids is 1. The molecule has 0 unspecified atom stereocenters. The van der Waals surface area contributed by atoms with E-state index in [1.54, 1.807) is 61.7 Å². The number of aromatic nitrogens is 2. The van der Waals surface area contributed by atoms with Crippen molar-refractivity contribution in [2.24, 2.45) is 0 Å². The van der Waals surface area contributed by atoms with Crippen LogP contribution in [0.2, 0.25) is 0 Å². The van der Waals surface area contributed by atoms with Gasteiger partial charge in [0.1, 0.15) is 35.2 Å². The summed E-state index contributed by atoms with van der Waals surface area (Å²) in [6.07, 6.45) is 11.4. The zero-order valence-corrected chi connectivity index (χ0v) is 30.2. The molecule has 0 spiro atoms. The van der Waals surface area contributed by atoms with Crippen molar-refractivity contribution in [1.82, 2.24) is 4.57 Å². The average Bonchev–Trinajstić information content (AvgIpc) is 3.09. The van der Waals surface area contributed by atoms with Crippen molar-refractivity contribution in [1.29, 1.82) is 0 Å². The van der Waals surface area contributed by atoms with Crippen LogP contribution < -0.4 is 41.4 Å². The lowest BCUT2D eigenvalue weighted by Gasteiger charge is -2.22. The number of hydrogen-bond acceptors (Lipinski definition) is 5. The third-order valence-electron chi connectivity index (χ3n) is 8.15. The number of pyridine rings is 2. The number of fused-ring (bicyclic) bond motifs is 1. The summed E-state index contributed by atoms with van der Waals surface area (Å²) in [4.78, 5) is 30.0. The maximum atomic E-state index is 14.1. The maximum absolute atomic E-state index is 14.1. The van der Waals surface area contributed by atoms with Crippen LogP contribution in [0.1, 0.15) is 49.4 Å². The minimum atomic E-state index is -0.817. The van der Waals surface area contributed by atoms with Gasteiger partial charge in [-0.05, 0) is 55.9 Å². The van der Waals surface area contributed by atoms with E-state index in [1.807, 2.05) is 30.3 Å². The van der Waals surface area contributed by atoms with Crippen LogP contribution in [0, 0.1) is 11.6 Å². The summed E-state index contributed by atoms with van der Waals surface area (Å²) < 4.78 is 43.2. The van der Waals surface area contributed by atoms with Crippen molar-refractivity contribution in [3.63, 3.8) is 0 Å². The zero-order valence-electron chi connectivity index (χ0n) is 27.8. The van der Waals surface area contributed by atoms with E-state index < -0.39 is 23.0 Å². The van der Waals surface area contributed by atoms with Crippen molar-refractivity contribution in [2.45, 2.75) is 50.5 Å². The summed E-state index contributed by atoms with van der Waals surface area (Å²) >= 11 is 1.72. The third kappa shape index (κ3) is 9.48. The Kier molecular flexibility index (Phi) is 13.8. The second-order valence-corrected chi connectivity index (χ2v) is 12.6. The Labute approximate surface area is 300 Å². The Hall–Kier alpha value is -4.22. The van der Waals surface area contributed by atoms with Gasteiger partial charge in [-0.2, -0.15) is 0 Å². The van der Waals surface area contributed by atoms with Crippen LogP contribution in [0.4, 0.5) is 14.5 Å². The van der Waals surface area contributed by atoms with Crippen molar-refractivity contribution in [2.75, 3.05) is 31.4 Å². The highest BCUT2D eigenvalue weighted by atomic mass is 79.9. The summed E-state index contributed by atoms with van der Waals surface area (Å²) in [5.41, 5.74) is 0.635. The molecule has 0 aliphatic carbocycles. The molecule has 0 aliphatic heterocycles. The molecule has 5 rings (SSSR count). The first-order valence-electron chi connectivity index (χ1n) is 16.1. The molecule has 0 fully saturated rings. The quantitative estimate of drug-likeness (QED) is 0.0858. The van der Waals surface area contributed by atoms with Gasteiger partial charge in [-0.1, -0.05) is 18.9 Å². The molecule has 0 atom stereocenters. The molecule has 3 aromatic carbocycles. The number of unbranched alkanes of at least 4 members (excludes halogenated alkanes) is 4. The molecule has 5 aromatic rings. The van der Waals surface area contributed by atoms with Crippen molar-refractivity contribution in [3.8, 4) is 17.2 Å². The number of aryl methyl sites for hydroxylation is 1. The smallest absolute Gasteiger partial charge is 0.263 e. The lowest BCUT2D eigenvalue weighted by atomic mass is 10.1. The normalized spacial score (nSPS) is 10.9. The molecule has 2 heterocycles. The second-order valence-electron chi connectivity index (χ2n) is 11.4. The van der Waals surface area contributed by atoms with Gasteiger partial charge < -0.3 is 35.9 Å². The van der Waals surface area contributed by atoms with Gasteiger partial charge in [0, 0.05) is 71.5 Å². The van der Waals surface area contributed by atoms with E-state index >= 15 is 0 Å². The van der Waals surface area contributed by atoms with Gasteiger partial charge in [0.25, 0.3) is 5.91 Å². The molecular formula is C38H40BrF2N3O4S. The van der Waals surface area contributed by atoms with E-state index in [-0.39, 0.29) is 34.8 Å². The molecule has 2 aromatic heterocycles. The second kappa shape index (κ2) is 18.0. The average molecular weight is 753 g/mol. The number of ether oxygens (including phenoxy) is 2. The maximum Gasteiger partial charge on any atom is 0.263 e. The standard InChI is InChI=1S/C38H40F2N3O4S.BrH/c1-4-42(29-20-27(39)19-28(40)21-29)38(45)35-26-43(30-22-31(46-2)24-32(23-30)47-3)36-25-33(13-14-34(36)37(35)44)48-18-12-7-5-6-9-15-41-16-10-8-11-17-41;/h8,10-11,13-14,16-17,19-26H,4-7,9,12,15,18H2,1-3H3;1H/q+1;/p-1. The van der Waals surface area contributed by atoms with Gasteiger partial charge in [-0.15, -0.1) is 11.8 Å². The number of halogens is 3. The molecule has 49 heavy (non-hydrogen) atoms. The van der Waals surface area contributed by atoms with Crippen LogP contribution in [0.5, 0.6) is 11.5 Å². The Bertz CT molecular complexity index is 1900. The fourth-order valence-electron chi connectivity index (χ4n) is 5.68. The van der Waals surface area contributed by atoms with E-state index in [1.165, 1.54) is 23.9 Å². The van der Waals surface area contributed by atoms with E-state index in [4.69, 9.17) is 9.47 Å². The molecule has 0 aliphatic rings. The van der Waals surface area contributed by atoms with Crippen LogP contribution in [-0.4, -0.2) is 37.0 Å². The molecule has 0 saturated heterocycles. The number of thioether (sulfide) groups is 1. The van der Waals surface area contributed by atoms with E-state index in [9.17, 15) is 18.4 Å². The third-order valence-corrected chi connectivity index (χ3v) is 9.23. The fourth-order valence-corrected chi connectivity index (χ4v) is 6.62. The van der Waals surface area contributed by atoms with Gasteiger partial charge in [0.2, 0.25) is 5.43 Å². The molecular weight excluding hydrogens is 712 g/mol. The highest BCUT2D eigenvalue weighted by Crippen LogP contribution is 2.30.